The topological polar surface area (TPSA) is 50.7 Å². The highest BCUT2D eigenvalue weighted by Crippen LogP contribution is 2.34. The van der Waals surface area contributed by atoms with E-state index >= 15 is 0 Å². The lowest BCUT2D eigenvalue weighted by Crippen LogP contribution is -2.32. The van der Waals surface area contributed by atoms with Gasteiger partial charge < -0.3 is 19.9 Å². The van der Waals surface area contributed by atoms with Crippen LogP contribution in [0.3, 0.4) is 0 Å². The molecule has 96 valence electrons. The maximum absolute atomic E-state index is 9.61. The fourth-order valence-electron chi connectivity index (χ4n) is 1.90. The molecule has 3 atom stereocenters. The first-order chi connectivity index (χ1) is 7.77. The Morgan fingerprint density at radius 1 is 1.44 bits per heavy atom. The van der Waals surface area contributed by atoms with E-state index in [-0.39, 0.29) is 0 Å². The number of hydrogen-bond donors (Lipinski definition) is 2. The molecule has 0 aliphatic heterocycles. The Bertz CT molecular complexity index is 178. The van der Waals surface area contributed by atoms with Gasteiger partial charge in [0.05, 0.1) is 25.9 Å². The molecule has 1 fully saturated rings. The largest absolute Gasteiger partial charge is 0.389 e. The molecule has 2 N–H and O–H groups in total. The highest BCUT2D eigenvalue weighted by atomic mass is 16.5. The minimum absolute atomic E-state index is 0.390. The van der Waals surface area contributed by atoms with Gasteiger partial charge in [0.25, 0.3) is 0 Å². The van der Waals surface area contributed by atoms with Crippen molar-refractivity contribution in [3.05, 3.63) is 0 Å². The fraction of sp³-hybridized carbons (Fsp3) is 1.00. The minimum Gasteiger partial charge on any atom is -0.389 e. The van der Waals surface area contributed by atoms with Crippen molar-refractivity contribution in [3.8, 4) is 0 Å². The van der Waals surface area contributed by atoms with Crippen LogP contribution in [0.5, 0.6) is 0 Å². The number of aliphatic hydroxyl groups excluding tert-OH is 1. The first-order valence-corrected chi connectivity index (χ1v) is 6.26. The Morgan fingerprint density at radius 2 is 2.25 bits per heavy atom. The third kappa shape index (κ3) is 5.80. The molecule has 0 spiro atoms. The Morgan fingerprint density at radius 3 is 2.94 bits per heavy atom. The predicted molar refractivity (Wildman–Crippen MR) is 63.5 cm³/mol. The SMILES string of the molecule is CCCC1CC1NCC(O)COCCOC. The summed E-state index contributed by atoms with van der Waals surface area (Å²) in [7, 11) is 1.64. The molecule has 0 amide bonds. The van der Waals surface area contributed by atoms with Gasteiger partial charge in [-0.15, -0.1) is 0 Å². The standard InChI is InChI=1S/C12H25NO3/c1-3-4-10-7-12(10)13-8-11(14)9-16-6-5-15-2/h10-14H,3-9H2,1-2H3. The first-order valence-electron chi connectivity index (χ1n) is 6.26. The lowest BCUT2D eigenvalue weighted by Gasteiger charge is -2.12. The van der Waals surface area contributed by atoms with Crippen LogP contribution in [0.4, 0.5) is 0 Å². The lowest BCUT2D eigenvalue weighted by atomic mass is 10.2. The number of rotatable bonds is 10. The molecule has 1 aliphatic rings. The molecule has 0 aromatic rings. The molecular weight excluding hydrogens is 206 g/mol. The smallest absolute Gasteiger partial charge is 0.0897 e. The van der Waals surface area contributed by atoms with E-state index in [1.165, 1.54) is 19.3 Å². The van der Waals surface area contributed by atoms with Gasteiger partial charge in [-0.3, -0.25) is 0 Å². The molecule has 0 bridgehead atoms. The van der Waals surface area contributed by atoms with Gasteiger partial charge in [-0.2, -0.15) is 0 Å². The minimum atomic E-state index is -0.403. The van der Waals surface area contributed by atoms with Gasteiger partial charge >= 0.3 is 0 Å². The van der Waals surface area contributed by atoms with Crippen molar-refractivity contribution in [1.82, 2.24) is 5.32 Å². The number of methoxy groups -OCH3 is 1. The zero-order valence-electron chi connectivity index (χ0n) is 10.4. The Balaban J connectivity index is 1.89. The molecule has 0 aromatic carbocycles. The third-order valence-corrected chi connectivity index (χ3v) is 2.94. The van der Waals surface area contributed by atoms with Gasteiger partial charge in [-0.1, -0.05) is 13.3 Å². The van der Waals surface area contributed by atoms with Crippen molar-refractivity contribution in [2.45, 2.75) is 38.3 Å². The van der Waals surface area contributed by atoms with Crippen LogP contribution in [0.1, 0.15) is 26.2 Å². The number of nitrogens with one attached hydrogen (secondary N) is 1. The van der Waals surface area contributed by atoms with Gasteiger partial charge in [0, 0.05) is 19.7 Å². The Labute approximate surface area is 98.3 Å². The summed E-state index contributed by atoms with van der Waals surface area (Å²) >= 11 is 0. The second kappa shape index (κ2) is 8.01. The maximum atomic E-state index is 9.61. The molecule has 0 saturated heterocycles. The van der Waals surface area contributed by atoms with Crippen LogP contribution >= 0.6 is 0 Å². The summed E-state index contributed by atoms with van der Waals surface area (Å²) in [5.74, 6) is 0.839. The summed E-state index contributed by atoms with van der Waals surface area (Å²) in [5.41, 5.74) is 0. The lowest BCUT2D eigenvalue weighted by molar-refractivity contribution is 0.0136. The molecule has 1 rings (SSSR count). The van der Waals surface area contributed by atoms with Crippen molar-refractivity contribution < 1.29 is 14.6 Å². The molecule has 1 saturated carbocycles. The van der Waals surface area contributed by atoms with E-state index in [4.69, 9.17) is 9.47 Å². The van der Waals surface area contributed by atoms with E-state index in [0.29, 0.717) is 32.4 Å². The molecule has 3 unspecified atom stereocenters. The molecule has 4 nitrogen and oxygen atoms in total. The summed E-state index contributed by atoms with van der Waals surface area (Å²) < 4.78 is 10.1. The quantitative estimate of drug-likeness (QED) is 0.546. The van der Waals surface area contributed by atoms with Crippen LogP contribution in [0, 0.1) is 5.92 Å². The van der Waals surface area contributed by atoms with Crippen LogP contribution in [-0.2, 0) is 9.47 Å². The molecule has 1 aliphatic carbocycles. The van der Waals surface area contributed by atoms with Gasteiger partial charge in [0.1, 0.15) is 0 Å². The third-order valence-electron chi connectivity index (χ3n) is 2.94. The van der Waals surface area contributed by atoms with Crippen LogP contribution < -0.4 is 5.32 Å². The van der Waals surface area contributed by atoms with Crippen molar-refractivity contribution in [2.24, 2.45) is 5.92 Å². The first kappa shape index (κ1) is 13.9. The van der Waals surface area contributed by atoms with E-state index in [1.807, 2.05) is 0 Å². The average Bonchev–Trinajstić information content (AvgIpc) is 3.01. The molecule has 0 heterocycles. The highest BCUT2D eigenvalue weighted by molar-refractivity contribution is 4.92. The molecule has 4 heteroatoms. The van der Waals surface area contributed by atoms with Crippen LogP contribution in [0.25, 0.3) is 0 Å². The van der Waals surface area contributed by atoms with E-state index < -0.39 is 6.10 Å². The second-order valence-corrected chi connectivity index (χ2v) is 4.52. The predicted octanol–water partition coefficient (Wildman–Crippen LogP) is 0.788. The molecule has 0 radical (unpaired) electrons. The van der Waals surface area contributed by atoms with Crippen LogP contribution in [-0.4, -0.2) is 50.7 Å². The van der Waals surface area contributed by atoms with Gasteiger partial charge in [-0.05, 0) is 18.8 Å². The van der Waals surface area contributed by atoms with E-state index in [9.17, 15) is 5.11 Å². The van der Waals surface area contributed by atoms with E-state index in [0.717, 1.165) is 5.92 Å². The normalized spacial score (nSPS) is 25.7. The number of hydrogen-bond acceptors (Lipinski definition) is 4. The molecule has 16 heavy (non-hydrogen) atoms. The Hall–Kier alpha value is -0.160. The maximum Gasteiger partial charge on any atom is 0.0897 e. The molecular formula is C12H25NO3. The summed E-state index contributed by atoms with van der Waals surface area (Å²) in [6.45, 7) is 4.38. The van der Waals surface area contributed by atoms with Crippen molar-refractivity contribution in [1.29, 1.82) is 0 Å². The van der Waals surface area contributed by atoms with Gasteiger partial charge in [-0.25, -0.2) is 0 Å². The van der Waals surface area contributed by atoms with Crippen molar-refractivity contribution >= 4 is 0 Å². The highest BCUT2D eigenvalue weighted by Gasteiger charge is 2.35. The second-order valence-electron chi connectivity index (χ2n) is 4.52. The van der Waals surface area contributed by atoms with E-state index in [2.05, 4.69) is 12.2 Å². The molecule has 0 aromatic heterocycles. The van der Waals surface area contributed by atoms with Crippen molar-refractivity contribution in [3.63, 3.8) is 0 Å². The Kier molecular flexibility index (Phi) is 6.96. The summed E-state index contributed by atoms with van der Waals surface area (Å²) in [5, 5.41) is 13.0. The van der Waals surface area contributed by atoms with Gasteiger partial charge in [0.2, 0.25) is 0 Å². The summed E-state index contributed by atoms with van der Waals surface area (Å²) in [6.07, 6.45) is 3.43. The number of aliphatic hydroxyl groups is 1. The monoisotopic (exact) mass is 231 g/mol. The summed E-state index contributed by atoms with van der Waals surface area (Å²) in [4.78, 5) is 0. The number of ether oxygens (including phenoxy) is 2. The van der Waals surface area contributed by atoms with Gasteiger partial charge in [0.15, 0.2) is 0 Å². The zero-order chi connectivity index (χ0) is 11.8. The zero-order valence-corrected chi connectivity index (χ0v) is 10.4. The average molecular weight is 231 g/mol. The van der Waals surface area contributed by atoms with Crippen LogP contribution in [0.15, 0.2) is 0 Å². The van der Waals surface area contributed by atoms with E-state index in [1.54, 1.807) is 7.11 Å². The van der Waals surface area contributed by atoms with Crippen LogP contribution in [0.2, 0.25) is 0 Å². The fourth-order valence-corrected chi connectivity index (χ4v) is 1.90. The summed E-state index contributed by atoms with van der Waals surface area (Å²) in [6, 6.07) is 0.633. The van der Waals surface area contributed by atoms with Crippen molar-refractivity contribution in [2.75, 3.05) is 33.5 Å².